The van der Waals surface area contributed by atoms with E-state index in [4.69, 9.17) is 23.9 Å². The zero-order valence-electron chi connectivity index (χ0n) is 35.3. The lowest BCUT2D eigenvalue weighted by atomic mass is 10.1. The molecule has 0 saturated heterocycles. The van der Waals surface area contributed by atoms with Gasteiger partial charge < -0.3 is 44.7 Å². The first-order valence-corrected chi connectivity index (χ1v) is 20.3. The minimum Gasteiger partial charge on any atom is -0.493 e. The van der Waals surface area contributed by atoms with Crippen LogP contribution in [0.1, 0.15) is 40.3 Å². The number of nitrogens with zero attached hydrogens (tertiary/aromatic N) is 3. The Morgan fingerprint density at radius 2 is 1.35 bits per heavy atom. The van der Waals surface area contributed by atoms with Crippen LogP contribution in [0.4, 0.5) is 28.4 Å². The lowest BCUT2D eigenvalue weighted by Crippen LogP contribution is -2.37. The normalized spacial score (nSPS) is 15.6. The number of anilines is 4. The van der Waals surface area contributed by atoms with Gasteiger partial charge in [0, 0.05) is 54.1 Å². The van der Waals surface area contributed by atoms with Crippen molar-refractivity contribution >= 4 is 59.8 Å². The fourth-order valence-electron chi connectivity index (χ4n) is 7.83. The lowest BCUT2D eigenvalue weighted by molar-refractivity contribution is -0.120. The second-order valence-electron chi connectivity index (χ2n) is 15.3. The quantitative estimate of drug-likeness (QED) is 0.0598. The topological polar surface area (TPSA) is 160 Å². The molecule has 320 valence electrons. The predicted octanol–water partition coefficient (Wildman–Crippen LogP) is 6.84. The van der Waals surface area contributed by atoms with Gasteiger partial charge in [0.15, 0.2) is 23.0 Å². The summed E-state index contributed by atoms with van der Waals surface area (Å²) in [5, 5.41) is 8.89. The average molecular weight is 839 g/mol. The van der Waals surface area contributed by atoms with Gasteiger partial charge in [0.1, 0.15) is 19.3 Å². The smallest absolute Gasteiger partial charge is 0.246 e. The molecule has 0 bridgehead atoms. The molecule has 2 unspecified atom stereocenters. The van der Waals surface area contributed by atoms with Crippen molar-refractivity contribution in [1.29, 1.82) is 0 Å². The maximum Gasteiger partial charge on any atom is 0.246 e. The molecule has 3 atom stereocenters. The predicted molar refractivity (Wildman–Crippen MR) is 239 cm³/mol. The molecule has 3 N–H and O–H groups in total. The maximum absolute atomic E-state index is 13.0. The molecular weight excluding hydrogens is 789 g/mol. The maximum atomic E-state index is 13.0. The Balaban J connectivity index is 1.09. The van der Waals surface area contributed by atoms with Crippen molar-refractivity contribution in [3.05, 3.63) is 124 Å². The van der Waals surface area contributed by atoms with E-state index >= 15 is 0 Å². The van der Waals surface area contributed by atoms with Crippen LogP contribution in [0.3, 0.4) is 0 Å². The van der Waals surface area contributed by atoms with Crippen LogP contribution < -0.4 is 44.7 Å². The Hall–Kier alpha value is -7.35. The summed E-state index contributed by atoms with van der Waals surface area (Å²) in [6.07, 6.45) is 5.38. The molecule has 2 heterocycles. The van der Waals surface area contributed by atoms with Crippen LogP contribution in [0.25, 0.3) is 0 Å². The Labute approximate surface area is 360 Å². The van der Waals surface area contributed by atoms with Crippen LogP contribution in [-0.2, 0) is 45.2 Å². The van der Waals surface area contributed by atoms with Crippen molar-refractivity contribution in [2.24, 2.45) is 4.99 Å². The summed E-state index contributed by atoms with van der Waals surface area (Å²) in [7, 11) is 3.15. The Bertz CT molecular complexity index is 2490. The highest BCUT2D eigenvalue weighted by Gasteiger charge is 2.29. The van der Waals surface area contributed by atoms with E-state index in [1.54, 1.807) is 55.4 Å². The largest absolute Gasteiger partial charge is 0.493 e. The number of para-hydroxylation sites is 2. The molecule has 14 nitrogen and oxygen atoms in total. The fourth-order valence-corrected chi connectivity index (χ4v) is 7.83. The van der Waals surface area contributed by atoms with Crippen LogP contribution in [0.5, 0.6) is 23.0 Å². The summed E-state index contributed by atoms with van der Waals surface area (Å²) in [6, 6.07) is 27.6. The summed E-state index contributed by atoms with van der Waals surface area (Å²) in [5.41, 5.74) is 9.21. The van der Waals surface area contributed by atoms with Crippen molar-refractivity contribution in [2.75, 3.05) is 41.2 Å². The van der Waals surface area contributed by atoms with Crippen molar-refractivity contribution < 1.29 is 38.1 Å². The highest BCUT2D eigenvalue weighted by Crippen LogP contribution is 2.38. The molecule has 7 rings (SSSR count). The second kappa shape index (κ2) is 19.4. The van der Waals surface area contributed by atoms with Crippen LogP contribution in [0.2, 0.25) is 0 Å². The van der Waals surface area contributed by atoms with Gasteiger partial charge in [-0.05, 0) is 103 Å². The van der Waals surface area contributed by atoms with Gasteiger partial charge in [-0.15, -0.1) is 0 Å². The van der Waals surface area contributed by atoms with E-state index in [-0.39, 0.29) is 25.3 Å². The monoisotopic (exact) mass is 838 g/mol. The summed E-state index contributed by atoms with van der Waals surface area (Å²) < 4.78 is 24.2. The molecule has 5 aromatic carbocycles. The number of fused-ring (bicyclic) bond motifs is 2. The van der Waals surface area contributed by atoms with Gasteiger partial charge in [-0.25, -0.2) is 0 Å². The molecule has 5 aromatic rings. The third-order valence-electron chi connectivity index (χ3n) is 11.1. The van der Waals surface area contributed by atoms with Crippen molar-refractivity contribution in [3.8, 4) is 23.0 Å². The number of aryl methyl sites for hydroxylation is 2. The number of hydrogen-bond donors (Lipinski definition) is 3. The van der Waals surface area contributed by atoms with Gasteiger partial charge in [0.25, 0.3) is 0 Å². The number of aliphatic imine (C=N–C) groups is 1. The van der Waals surface area contributed by atoms with Gasteiger partial charge in [0.2, 0.25) is 25.1 Å². The molecule has 0 aromatic heterocycles. The molecule has 0 saturated carbocycles. The molecule has 0 fully saturated rings. The number of nitrogens with one attached hydrogen (secondary N) is 3. The van der Waals surface area contributed by atoms with E-state index in [9.17, 15) is 19.2 Å². The molecule has 62 heavy (non-hydrogen) atoms. The Kier molecular flexibility index (Phi) is 13.4. The van der Waals surface area contributed by atoms with Crippen LogP contribution in [-0.4, -0.2) is 70.2 Å². The molecular formula is C48H50N6O8. The fraction of sp³-hybridized carbons (Fsp3) is 0.271. The first kappa shape index (κ1) is 42.8. The number of ether oxygens (including phenoxy) is 4. The first-order chi connectivity index (χ1) is 30.1. The van der Waals surface area contributed by atoms with Crippen LogP contribution in [0.15, 0.2) is 96.0 Å². The third kappa shape index (κ3) is 9.49. The number of rotatable bonds is 19. The van der Waals surface area contributed by atoms with Gasteiger partial charge >= 0.3 is 0 Å². The second-order valence-corrected chi connectivity index (χ2v) is 15.3. The summed E-state index contributed by atoms with van der Waals surface area (Å²) in [4.78, 5) is 56.4. The van der Waals surface area contributed by atoms with E-state index in [1.807, 2.05) is 86.6 Å². The molecule has 0 spiro atoms. The highest BCUT2D eigenvalue weighted by molar-refractivity contribution is 5.95. The number of methoxy groups -OCH3 is 2. The third-order valence-corrected chi connectivity index (χ3v) is 11.1. The molecule has 0 aliphatic carbocycles. The Morgan fingerprint density at radius 3 is 1.98 bits per heavy atom. The highest BCUT2D eigenvalue weighted by atomic mass is 16.5. The molecule has 2 aliphatic heterocycles. The van der Waals surface area contributed by atoms with Crippen LogP contribution >= 0.6 is 0 Å². The van der Waals surface area contributed by atoms with Gasteiger partial charge in [0.05, 0.1) is 32.0 Å². The zero-order chi connectivity index (χ0) is 43.8. The summed E-state index contributed by atoms with van der Waals surface area (Å²) in [6.45, 7) is 6.20. The first-order valence-electron chi connectivity index (χ1n) is 20.3. The molecule has 4 amide bonds. The SMILES string of the molecule is COc1cc(C)c(N=C[C@@H]2Cc3ccccc3N2C=O)cc1OCc1cc(COc2cc(NCC3Cc4ccccc4N3C=O)c(C)cc2OC)cc(NC(=O)C(C)NC=O)c1. The summed E-state index contributed by atoms with van der Waals surface area (Å²) in [5.74, 6) is 1.59. The number of carbonyl (C=O) groups is 4. The Morgan fingerprint density at radius 1 is 0.758 bits per heavy atom. The van der Waals surface area contributed by atoms with E-state index in [0.29, 0.717) is 59.3 Å². The number of carbonyl (C=O) groups excluding carboxylic acids is 4. The van der Waals surface area contributed by atoms with Crippen LogP contribution in [0, 0.1) is 13.8 Å². The van der Waals surface area contributed by atoms with Crippen molar-refractivity contribution in [2.45, 2.75) is 65.0 Å². The van der Waals surface area contributed by atoms with Gasteiger partial charge in [-0.2, -0.15) is 0 Å². The number of amides is 4. The number of hydrogen-bond acceptors (Lipinski definition) is 10. The number of benzene rings is 5. The lowest BCUT2D eigenvalue weighted by Gasteiger charge is -2.23. The van der Waals surface area contributed by atoms with E-state index in [2.05, 4.69) is 16.0 Å². The average Bonchev–Trinajstić information content (AvgIpc) is 3.84. The minimum atomic E-state index is -0.778. The zero-order valence-corrected chi connectivity index (χ0v) is 35.3. The van der Waals surface area contributed by atoms with Gasteiger partial charge in [-0.3, -0.25) is 24.2 Å². The van der Waals surface area contributed by atoms with E-state index < -0.39 is 11.9 Å². The minimum absolute atomic E-state index is 0.0530. The molecule has 2 aliphatic rings. The molecule has 0 radical (unpaired) electrons. The standard InChI is InChI=1S/C48H50N6O8/c1-30-14-44(59-4)46(21-40(30)49-23-38-19-35-10-6-8-12-42(35)53(38)28-56)61-25-33-16-34(18-37(17-33)52-48(58)32(3)51-27-55)26-62-47-22-41(31(2)15-45(47)60-5)50-24-39-20-36-11-7-9-13-43(36)54(39)29-57/h6-18,21-23,27-29,32,38-39,50H,19-20,24-26H2,1-5H3,(H,51,55)(H,52,58)/t32?,38-,39?/m0/s1. The van der Waals surface area contributed by atoms with Gasteiger partial charge in [-0.1, -0.05) is 36.4 Å². The van der Waals surface area contributed by atoms with E-state index in [1.165, 1.54) is 0 Å². The molecule has 14 heteroatoms. The summed E-state index contributed by atoms with van der Waals surface area (Å²) >= 11 is 0. The van der Waals surface area contributed by atoms with E-state index in [0.717, 1.165) is 64.1 Å². The van der Waals surface area contributed by atoms with Crippen molar-refractivity contribution in [3.63, 3.8) is 0 Å². The van der Waals surface area contributed by atoms with Crippen molar-refractivity contribution in [1.82, 2.24) is 5.32 Å².